The molecule has 0 amide bonds. The summed E-state index contributed by atoms with van der Waals surface area (Å²) in [5.74, 6) is 0.999. The summed E-state index contributed by atoms with van der Waals surface area (Å²) in [6, 6.07) is 17.7. The predicted molar refractivity (Wildman–Crippen MR) is 155 cm³/mol. The molecule has 2 aliphatic rings. The van der Waals surface area contributed by atoms with Gasteiger partial charge < -0.3 is 4.74 Å². The van der Waals surface area contributed by atoms with Crippen LogP contribution in [-0.2, 0) is 17.2 Å². The molecular formula is C32H32ClNO2S. The number of hydrogen-bond acceptors (Lipinski definition) is 3. The fraction of sp³-hybridized carbons (Fsp3) is 0.281. The maximum atomic E-state index is 13.3. The summed E-state index contributed by atoms with van der Waals surface area (Å²) >= 11 is 6.09. The highest BCUT2D eigenvalue weighted by Gasteiger charge is 2.24. The van der Waals surface area contributed by atoms with Crippen molar-refractivity contribution in [1.82, 2.24) is 4.98 Å². The highest BCUT2D eigenvalue weighted by Crippen LogP contribution is 2.39. The largest absolute Gasteiger partial charge is 0.491 e. The normalized spacial score (nSPS) is 18.0. The smallest absolute Gasteiger partial charge is 0.119 e. The summed E-state index contributed by atoms with van der Waals surface area (Å²) in [6.45, 7) is 8.28. The lowest BCUT2D eigenvalue weighted by Crippen LogP contribution is -2.09. The van der Waals surface area contributed by atoms with Crippen LogP contribution in [0.1, 0.15) is 61.9 Å². The van der Waals surface area contributed by atoms with Crippen LogP contribution in [0.5, 0.6) is 5.75 Å². The number of allylic oxidation sites excluding steroid dienone is 4. The molecule has 5 heteroatoms. The summed E-state index contributed by atoms with van der Waals surface area (Å²) in [5, 5.41) is 0.750. The monoisotopic (exact) mass is 529 g/mol. The van der Waals surface area contributed by atoms with Gasteiger partial charge in [0, 0.05) is 26.6 Å². The van der Waals surface area contributed by atoms with Crippen LogP contribution >= 0.6 is 11.6 Å². The van der Waals surface area contributed by atoms with Gasteiger partial charge in [0.2, 0.25) is 0 Å². The minimum atomic E-state index is -1.25. The van der Waals surface area contributed by atoms with E-state index < -0.39 is 10.8 Å². The molecule has 0 N–H and O–H groups in total. The van der Waals surface area contributed by atoms with Gasteiger partial charge in [-0.15, -0.1) is 0 Å². The number of pyridine rings is 1. The van der Waals surface area contributed by atoms with Gasteiger partial charge in [-0.2, -0.15) is 0 Å². The van der Waals surface area contributed by atoms with Crippen molar-refractivity contribution in [3.63, 3.8) is 0 Å². The summed E-state index contributed by atoms with van der Waals surface area (Å²) in [4.78, 5) is 6.40. The number of halogens is 1. The van der Waals surface area contributed by atoms with Gasteiger partial charge in [-0.3, -0.25) is 4.98 Å². The topological polar surface area (TPSA) is 39.2 Å². The van der Waals surface area contributed by atoms with Gasteiger partial charge in [-0.25, -0.2) is 4.21 Å². The third kappa shape index (κ3) is 5.81. The highest BCUT2D eigenvalue weighted by atomic mass is 35.5. The van der Waals surface area contributed by atoms with Crippen LogP contribution in [0.25, 0.3) is 17.2 Å². The van der Waals surface area contributed by atoms with E-state index in [0.29, 0.717) is 0 Å². The van der Waals surface area contributed by atoms with Crippen LogP contribution in [0.3, 0.4) is 0 Å². The molecular weight excluding hydrogens is 498 g/mol. The van der Waals surface area contributed by atoms with Crippen molar-refractivity contribution in [2.45, 2.75) is 57.0 Å². The molecule has 0 saturated heterocycles. The molecule has 2 aromatic carbocycles. The van der Waals surface area contributed by atoms with E-state index in [0.717, 1.165) is 58.4 Å². The van der Waals surface area contributed by atoms with Gasteiger partial charge in [-0.05, 0) is 123 Å². The highest BCUT2D eigenvalue weighted by molar-refractivity contribution is 7.89. The second-order valence-electron chi connectivity index (χ2n) is 10.0. The molecule has 1 aromatic heterocycles. The van der Waals surface area contributed by atoms with Gasteiger partial charge in [0.15, 0.2) is 0 Å². The lowest BCUT2D eigenvalue weighted by molar-refractivity contribution is 0.242. The number of rotatable bonds is 7. The Hall–Kier alpha value is -2.95. The van der Waals surface area contributed by atoms with Crippen molar-refractivity contribution in [3.05, 3.63) is 106 Å². The second-order valence-corrected chi connectivity index (χ2v) is 12.0. The van der Waals surface area contributed by atoms with Gasteiger partial charge in [0.1, 0.15) is 5.75 Å². The van der Waals surface area contributed by atoms with E-state index in [1.807, 2.05) is 56.4 Å². The van der Waals surface area contributed by atoms with E-state index >= 15 is 0 Å². The van der Waals surface area contributed by atoms with Crippen LogP contribution in [0.4, 0.5) is 0 Å². The number of fused-ring (bicyclic) bond motifs is 1. The number of hydrogen-bond donors (Lipinski definition) is 0. The third-order valence-corrected chi connectivity index (χ3v) is 8.83. The van der Waals surface area contributed by atoms with Gasteiger partial charge >= 0.3 is 0 Å². The van der Waals surface area contributed by atoms with Crippen molar-refractivity contribution in [2.24, 2.45) is 5.92 Å². The average molecular weight is 530 g/mol. The third-order valence-electron chi connectivity index (χ3n) is 7.07. The van der Waals surface area contributed by atoms with Crippen LogP contribution in [0.15, 0.2) is 83.2 Å². The molecule has 190 valence electrons. The first-order valence-corrected chi connectivity index (χ1v) is 14.4. The minimum absolute atomic E-state index is 0.110. The average Bonchev–Trinajstić information content (AvgIpc) is 3.19. The van der Waals surface area contributed by atoms with Crippen molar-refractivity contribution in [3.8, 4) is 5.75 Å². The lowest BCUT2D eigenvalue weighted by atomic mass is 9.96. The molecule has 0 radical (unpaired) electrons. The molecule has 2 atom stereocenters. The molecule has 37 heavy (non-hydrogen) atoms. The van der Waals surface area contributed by atoms with E-state index in [4.69, 9.17) is 21.3 Å². The van der Waals surface area contributed by atoms with Crippen molar-refractivity contribution >= 4 is 39.6 Å². The zero-order valence-electron chi connectivity index (χ0n) is 21.4. The van der Waals surface area contributed by atoms with E-state index in [9.17, 15) is 4.21 Å². The predicted octanol–water partition coefficient (Wildman–Crippen LogP) is 8.51. The molecule has 0 spiro atoms. The molecule has 0 aliphatic heterocycles. The lowest BCUT2D eigenvalue weighted by Gasteiger charge is -2.18. The number of aromatic nitrogens is 1. The number of benzene rings is 2. The molecule has 0 saturated carbocycles. The molecule has 0 bridgehead atoms. The van der Waals surface area contributed by atoms with Crippen LogP contribution in [0, 0.1) is 5.92 Å². The zero-order chi connectivity index (χ0) is 25.9. The Kier molecular flexibility index (Phi) is 7.78. The Morgan fingerprint density at radius 1 is 1.05 bits per heavy atom. The van der Waals surface area contributed by atoms with Crippen LogP contribution in [-0.4, -0.2) is 15.3 Å². The number of ether oxygens (including phenoxy) is 1. The van der Waals surface area contributed by atoms with Crippen molar-refractivity contribution in [1.29, 1.82) is 0 Å². The molecule has 2 unspecified atom stereocenters. The molecule has 2 aliphatic carbocycles. The van der Waals surface area contributed by atoms with E-state index in [1.165, 1.54) is 27.8 Å². The molecule has 5 rings (SSSR count). The molecule has 3 nitrogen and oxygen atoms in total. The van der Waals surface area contributed by atoms with E-state index in [-0.39, 0.29) is 12.0 Å². The Bertz CT molecular complexity index is 1390. The standard InChI is InChI=1S/C32H32ClNO2S/c1-21(2)36-29-13-15-30(16-14-29)37(35)22(3)23-5-4-6-25(8-7-23)32-31-20-27(19-26(31)17-18-34-32)24-9-11-28(33)12-10-24/h6,9-18,20-21,23H,3-5,7-8,19H2,1-2H3. The van der Waals surface area contributed by atoms with Gasteiger partial charge in [0.25, 0.3) is 0 Å². The SMILES string of the molecule is C=C(C1CCC=C(c2nccc3c2C=C(c2ccc(Cl)cc2)C3)CC1)S(=O)c1ccc(OC(C)C)cc1. The van der Waals surface area contributed by atoms with Crippen molar-refractivity contribution < 1.29 is 8.95 Å². The Morgan fingerprint density at radius 2 is 1.81 bits per heavy atom. The fourth-order valence-corrected chi connectivity index (χ4v) is 6.50. The first-order chi connectivity index (χ1) is 17.9. The summed E-state index contributed by atoms with van der Waals surface area (Å²) in [7, 11) is -1.25. The van der Waals surface area contributed by atoms with Crippen molar-refractivity contribution in [2.75, 3.05) is 0 Å². The minimum Gasteiger partial charge on any atom is -0.491 e. The summed E-state index contributed by atoms with van der Waals surface area (Å²) in [5.41, 5.74) is 7.39. The first-order valence-electron chi connectivity index (χ1n) is 12.9. The van der Waals surface area contributed by atoms with Crippen LogP contribution in [0.2, 0.25) is 5.02 Å². The van der Waals surface area contributed by atoms with Gasteiger partial charge in [0.05, 0.1) is 22.6 Å². The summed E-state index contributed by atoms with van der Waals surface area (Å²) < 4.78 is 19.0. The maximum absolute atomic E-state index is 13.3. The quantitative estimate of drug-likeness (QED) is 0.308. The van der Waals surface area contributed by atoms with E-state index in [1.54, 1.807) is 0 Å². The Labute approximate surface area is 227 Å². The first kappa shape index (κ1) is 25.7. The Balaban J connectivity index is 1.29. The Morgan fingerprint density at radius 3 is 2.54 bits per heavy atom. The second kappa shape index (κ2) is 11.2. The van der Waals surface area contributed by atoms with Gasteiger partial charge in [-0.1, -0.05) is 36.4 Å². The van der Waals surface area contributed by atoms with E-state index in [2.05, 4.69) is 36.9 Å². The summed E-state index contributed by atoms with van der Waals surface area (Å²) in [6.07, 6.45) is 11.2. The molecule has 1 heterocycles. The molecule has 3 aromatic rings. The van der Waals surface area contributed by atoms with Crippen LogP contribution < -0.4 is 4.74 Å². The molecule has 0 fully saturated rings. The fourth-order valence-electron chi connectivity index (χ4n) is 5.15. The zero-order valence-corrected chi connectivity index (χ0v) is 22.9. The maximum Gasteiger partial charge on any atom is 0.119 e. The number of nitrogens with zero attached hydrogens (tertiary/aromatic N) is 1.